The highest BCUT2D eigenvalue weighted by molar-refractivity contribution is 7.13. The lowest BCUT2D eigenvalue weighted by atomic mass is 10.2. The lowest BCUT2D eigenvalue weighted by Crippen LogP contribution is -2.38. The maximum Gasteiger partial charge on any atom is 0.270 e. The van der Waals surface area contributed by atoms with E-state index in [1.807, 2.05) is 13.8 Å². The van der Waals surface area contributed by atoms with Gasteiger partial charge in [0, 0.05) is 18.0 Å². The van der Waals surface area contributed by atoms with E-state index in [0.29, 0.717) is 6.54 Å². The number of hydrogen-bond acceptors (Lipinski definition) is 4. The van der Waals surface area contributed by atoms with Gasteiger partial charge in [-0.3, -0.25) is 4.79 Å². The van der Waals surface area contributed by atoms with Crippen LogP contribution in [0.15, 0.2) is 23.6 Å². The average molecular weight is 362 g/mol. The first-order valence-electron chi connectivity index (χ1n) is 6.94. The van der Waals surface area contributed by atoms with Crippen molar-refractivity contribution in [2.75, 3.05) is 13.1 Å². The van der Waals surface area contributed by atoms with Gasteiger partial charge in [0.25, 0.3) is 5.91 Å². The largest absolute Gasteiger partial charge is 0.349 e. The summed E-state index contributed by atoms with van der Waals surface area (Å²) in [5.74, 6) is -1.74. The molecule has 0 radical (unpaired) electrons. The number of benzene rings is 1. The van der Waals surface area contributed by atoms with E-state index in [9.17, 15) is 13.6 Å². The summed E-state index contributed by atoms with van der Waals surface area (Å²) in [6.45, 7) is 5.19. The molecule has 8 heteroatoms. The normalized spacial score (nSPS) is 11.7. The molecule has 1 amide bonds. The Labute approximate surface area is 143 Å². The number of nitrogens with zero attached hydrogens (tertiary/aromatic N) is 1. The number of likely N-dealkylation sites (N-methyl/N-ethyl adjacent to an activating group) is 1. The molecular formula is C15H18ClF2N3OS. The van der Waals surface area contributed by atoms with Crippen LogP contribution in [0.3, 0.4) is 0 Å². The van der Waals surface area contributed by atoms with Gasteiger partial charge in [-0.2, -0.15) is 0 Å². The van der Waals surface area contributed by atoms with Crippen LogP contribution in [-0.4, -0.2) is 30.0 Å². The van der Waals surface area contributed by atoms with Gasteiger partial charge in [-0.15, -0.1) is 23.7 Å². The van der Waals surface area contributed by atoms with Gasteiger partial charge in [-0.1, -0.05) is 13.0 Å². The summed E-state index contributed by atoms with van der Waals surface area (Å²) in [5.41, 5.74) is -0.0427. The van der Waals surface area contributed by atoms with E-state index in [1.54, 1.807) is 0 Å². The molecule has 2 N–H and O–H groups in total. The van der Waals surface area contributed by atoms with Crippen LogP contribution in [0.1, 0.15) is 24.3 Å². The van der Waals surface area contributed by atoms with Crippen molar-refractivity contribution in [3.8, 4) is 10.6 Å². The molecule has 0 fully saturated rings. The maximum atomic E-state index is 13.7. The Bertz CT molecular complexity index is 646. The Morgan fingerprint density at radius 1 is 1.35 bits per heavy atom. The second-order valence-corrected chi connectivity index (χ2v) is 5.66. The third-order valence-electron chi connectivity index (χ3n) is 3.03. The topological polar surface area (TPSA) is 54.0 Å². The van der Waals surface area contributed by atoms with Crippen molar-refractivity contribution in [1.82, 2.24) is 15.6 Å². The molecule has 1 aromatic carbocycles. The zero-order valence-electron chi connectivity index (χ0n) is 12.7. The second kappa shape index (κ2) is 8.90. The van der Waals surface area contributed by atoms with Gasteiger partial charge in [0.05, 0.1) is 5.56 Å². The Balaban J connectivity index is 0.00000264. The molecule has 2 aromatic rings. The van der Waals surface area contributed by atoms with Crippen LogP contribution in [0.25, 0.3) is 10.6 Å². The number of halogens is 3. The van der Waals surface area contributed by atoms with Crippen molar-refractivity contribution >= 4 is 29.7 Å². The fourth-order valence-corrected chi connectivity index (χ4v) is 2.80. The van der Waals surface area contributed by atoms with Crippen LogP contribution >= 0.6 is 23.7 Å². The molecule has 1 heterocycles. The minimum atomic E-state index is -0.693. The van der Waals surface area contributed by atoms with Crippen LogP contribution in [0, 0.1) is 11.6 Å². The van der Waals surface area contributed by atoms with Gasteiger partial charge in [-0.05, 0) is 25.6 Å². The quantitative estimate of drug-likeness (QED) is 0.830. The van der Waals surface area contributed by atoms with E-state index in [1.165, 1.54) is 11.4 Å². The highest BCUT2D eigenvalue weighted by Crippen LogP contribution is 2.28. The lowest BCUT2D eigenvalue weighted by Gasteiger charge is -2.12. The first-order valence-corrected chi connectivity index (χ1v) is 7.82. The molecule has 0 spiro atoms. The van der Waals surface area contributed by atoms with Crippen molar-refractivity contribution < 1.29 is 13.6 Å². The lowest BCUT2D eigenvalue weighted by molar-refractivity contribution is 0.0946. The Morgan fingerprint density at radius 3 is 2.61 bits per heavy atom. The molecular weight excluding hydrogens is 344 g/mol. The number of carbonyl (C=O) groups excluding carboxylic acids is 1. The summed E-state index contributed by atoms with van der Waals surface area (Å²) in [5, 5.41) is 7.55. The molecule has 126 valence electrons. The van der Waals surface area contributed by atoms with Gasteiger partial charge in [0.2, 0.25) is 0 Å². The molecule has 4 nitrogen and oxygen atoms in total. The maximum absolute atomic E-state index is 13.7. The summed E-state index contributed by atoms with van der Waals surface area (Å²) >= 11 is 1.04. The Hall–Kier alpha value is -1.57. The fraction of sp³-hybridized carbons (Fsp3) is 0.333. The predicted octanol–water partition coefficient (Wildman–Crippen LogP) is 3.24. The summed E-state index contributed by atoms with van der Waals surface area (Å²) in [6, 6.07) is 3.75. The fourth-order valence-electron chi connectivity index (χ4n) is 1.95. The molecule has 0 aliphatic heterocycles. The highest BCUT2D eigenvalue weighted by atomic mass is 35.5. The summed E-state index contributed by atoms with van der Waals surface area (Å²) in [7, 11) is 0. The first kappa shape index (κ1) is 19.5. The molecule has 0 aliphatic carbocycles. The number of nitrogens with one attached hydrogen (secondary N) is 2. The van der Waals surface area contributed by atoms with Crippen LogP contribution in [0.4, 0.5) is 8.78 Å². The molecule has 2 rings (SSSR count). The molecule has 1 aromatic heterocycles. The van der Waals surface area contributed by atoms with Gasteiger partial charge in [-0.25, -0.2) is 13.8 Å². The summed E-state index contributed by atoms with van der Waals surface area (Å²) < 4.78 is 27.4. The van der Waals surface area contributed by atoms with Crippen LogP contribution < -0.4 is 10.6 Å². The molecule has 0 saturated carbocycles. The second-order valence-electron chi connectivity index (χ2n) is 4.80. The summed E-state index contributed by atoms with van der Waals surface area (Å²) in [6.07, 6.45) is 0. The Kier molecular flexibility index (Phi) is 7.54. The van der Waals surface area contributed by atoms with Crippen molar-refractivity contribution in [1.29, 1.82) is 0 Å². The molecule has 0 saturated heterocycles. The SMILES string of the molecule is CCN[C@H](C)CNC(=O)c1csc(-c2c(F)cccc2F)n1.Cl. The Morgan fingerprint density at radius 2 is 2.00 bits per heavy atom. The minimum Gasteiger partial charge on any atom is -0.349 e. The van der Waals surface area contributed by atoms with Crippen molar-refractivity contribution in [2.45, 2.75) is 19.9 Å². The van der Waals surface area contributed by atoms with Crippen LogP contribution in [-0.2, 0) is 0 Å². The highest BCUT2D eigenvalue weighted by Gasteiger charge is 2.17. The predicted molar refractivity (Wildman–Crippen MR) is 90.2 cm³/mol. The number of hydrogen-bond donors (Lipinski definition) is 2. The number of aromatic nitrogens is 1. The molecule has 1 atom stereocenters. The molecule has 23 heavy (non-hydrogen) atoms. The smallest absolute Gasteiger partial charge is 0.270 e. The van der Waals surface area contributed by atoms with Crippen LogP contribution in [0.2, 0.25) is 0 Å². The van der Waals surface area contributed by atoms with Crippen molar-refractivity contribution in [2.24, 2.45) is 0 Å². The third kappa shape index (κ3) is 4.95. The summed E-state index contributed by atoms with van der Waals surface area (Å²) in [4.78, 5) is 16.0. The van der Waals surface area contributed by atoms with Gasteiger partial charge < -0.3 is 10.6 Å². The van der Waals surface area contributed by atoms with E-state index in [0.717, 1.165) is 30.0 Å². The third-order valence-corrected chi connectivity index (χ3v) is 3.89. The molecule has 0 bridgehead atoms. The number of amides is 1. The van der Waals surface area contributed by atoms with E-state index in [4.69, 9.17) is 0 Å². The van der Waals surface area contributed by atoms with E-state index >= 15 is 0 Å². The average Bonchev–Trinajstić information content (AvgIpc) is 2.94. The number of rotatable bonds is 6. The van der Waals surface area contributed by atoms with Gasteiger partial charge in [0.15, 0.2) is 0 Å². The van der Waals surface area contributed by atoms with E-state index < -0.39 is 11.6 Å². The number of carbonyl (C=O) groups is 1. The monoisotopic (exact) mass is 361 g/mol. The minimum absolute atomic E-state index is 0. The van der Waals surface area contributed by atoms with Gasteiger partial charge in [0.1, 0.15) is 22.3 Å². The number of thiazole rings is 1. The first-order chi connectivity index (χ1) is 10.5. The van der Waals surface area contributed by atoms with Crippen molar-refractivity contribution in [3.63, 3.8) is 0 Å². The van der Waals surface area contributed by atoms with E-state index in [2.05, 4.69) is 15.6 Å². The standard InChI is InChI=1S/C15H17F2N3OS.ClH/c1-3-18-9(2)7-19-14(21)12-8-22-15(20-12)13-10(16)5-4-6-11(13)17;/h4-6,8-9,18H,3,7H2,1-2H3,(H,19,21);1H/t9-;/m1./s1. The van der Waals surface area contributed by atoms with E-state index in [-0.39, 0.29) is 40.6 Å². The zero-order chi connectivity index (χ0) is 16.1. The van der Waals surface area contributed by atoms with Crippen LogP contribution in [0.5, 0.6) is 0 Å². The zero-order valence-corrected chi connectivity index (χ0v) is 14.4. The van der Waals surface area contributed by atoms with Crippen molar-refractivity contribution in [3.05, 3.63) is 40.9 Å². The van der Waals surface area contributed by atoms with Gasteiger partial charge >= 0.3 is 0 Å². The molecule has 0 unspecified atom stereocenters. The molecule has 0 aliphatic rings.